The van der Waals surface area contributed by atoms with Crippen LogP contribution in [0.3, 0.4) is 0 Å². The molecule has 0 saturated carbocycles. The molecule has 8 nitrogen and oxygen atoms in total. The van der Waals surface area contributed by atoms with E-state index in [1.165, 1.54) is 0 Å². The number of hydrogen-bond donors (Lipinski definition) is 1. The molecule has 0 bridgehead atoms. The maximum absolute atomic E-state index is 12.2. The van der Waals surface area contributed by atoms with Gasteiger partial charge in [-0.15, -0.1) is 0 Å². The zero-order valence-electron chi connectivity index (χ0n) is 16.4. The van der Waals surface area contributed by atoms with E-state index in [0.29, 0.717) is 24.7 Å². The number of imidazole rings is 1. The molecule has 0 amide bonds. The molecule has 2 aromatic heterocycles. The first-order valence-electron chi connectivity index (χ1n) is 9.04. The summed E-state index contributed by atoms with van der Waals surface area (Å²) in [7, 11) is 1.61. The standard InChI is InChI=1S/C20H23N5O3/c1-5-14-10-21-20(24-18(14)19(26)28-6-2)23-15-7-8-16(17(9-15)27-4)25-11-13(3)22-12-25/h7-12H,5-6H2,1-4H3,(H,21,23,24). The summed E-state index contributed by atoms with van der Waals surface area (Å²) in [5.74, 6) is 0.528. The molecule has 0 unspecified atom stereocenters. The molecule has 3 aromatic rings. The van der Waals surface area contributed by atoms with Gasteiger partial charge in [0.05, 0.1) is 31.4 Å². The molecular weight excluding hydrogens is 358 g/mol. The van der Waals surface area contributed by atoms with Gasteiger partial charge in [-0.05, 0) is 32.4 Å². The number of carbonyl (C=O) groups excluding carboxylic acids is 1. The second-order valence-corrected chi connectivity index (χ2v) is 6.08. The fourth-order valence-electron chi connectivity index (χ4n) is 2.75. The number of benzene rings is 1. The lowest BCUT2D eigenvalue weighted by molar-refractivity contribution is 0.0518. The van der Waals surface area contributed by atoms with Crippen LogP contribution in [0.25, 0.3) is 5.69 Å². The highest BCUT2D eigenvalue weighted by Crippen LogP contribution is 2.28. The number of aromatic nitrogens is 4. The van der Waals surface area contributed by atoms with Gasteiger partial charge in [0.2, 0.25) is 5.95 Å². The fraction of sp³-hybridized carbons (Fsp3) is 0.300. The van der Waals surface area contributed by atoms with Crippen molar-refractivity contribution in [1.82, 2.24) is 19.5 Å². The Bertz CT molecular complexity index is 984. The molecule has 0 aliphatic rings. The highest BCUT2D eigenvalue weighted by molar-refractivity contribution is 5.89. The average Bonchev–Trinajstić information content (AvgIpc) is 3.14. The highest BCUT2D eigenvalue weighted by atomic mass is 16.5. The van der Waals surface area contributed by atoms with Gasteiger partial charge in [-0.3, -0.25) is 0 Å². The van der Waals surface area contributed by atoms with E-state index in [4.69, 9.17) is 9.47 Å². The number of hydrogen-bond acceptors (Lipinski definition) is 7. The van der Waals surface area contributed by atoms with Crippen molar-refractivity contribution < 1.29 is 14.3 Å². The molecule has 0 fully saturated rings. The summed E-state index contributed by atoms with van der Waals surface area (Å²) in [5.41, 5.74) is 3.53. The normalized spacial score (nSPS) is 10.6. The Hall–Kier alpha value is -3.42. The Labute approximate surface area is 163 Å². The predicted octanol–water partition coefficient (Wildman–Crippen LogP) is 3.46. The lowest BCUT2D eigenvalue weighted by Gasteiger charge is -2.13. The van der Waals surface area contributed by atoms with Crippen molar-refractivity contribution >= 4 is 17.6 Å². The number of nitrogens with zero attached hydrogens (tertiary/aromatic N) is 4. The zero-order chi connectivity index (χ0) is 20.1. The Kier molecular flexibility index (Phi) is 5.88. The van der Waals surface area contributed by atoms with E-state index in [1.54, 1.807) is 26.6 Å². The van der Waals surface area contributed by atoms with Crippen LogP contribution in [0.15, 0.2) is 36.9 Å². The van der Waals surface area contributed by atoms with E-state index in [9.17, 15) is 4.79 Å². The number of rotatable bonds is 7. The van der Waals surface area contributed by atoms with E-state index >= 15 is 0 Å². The minimum atomic E-state index is -0.451. The second kappa shape index (κ2) is 8.51. The van der Waals surface area contributed by atoms with Gasteiger partial charge in [-0.1, -0.05) is 6.92 Å². The van der Waals surface area contributed by atoms with Crippen LogP contribution in [0, 0.1) is 6.92 Å². The first-order chi connectivity index (χ1) is 13.5. The van der Waals surface area contributed by atoms with Crippen LogP contribution < -0.4 is 10.1 Å². The van der Waals surface area contributed by atoms with Gasteiger partial charge in [0.25, 0.3) is 0 Å². The molecule has 146 valence electrons. The van der Waals surface area contributed by atoms with Gasteiger partial charge >= 0.3 is 5.97 Å². The molecule has 28 heavy (non-hydrogen) atoms. The minimum absolute atomic E-state index is 0.277. The van der Waals surface area contributed by atoms with Gasteiger partial charge in [0.15, 0.2) is 5.69 Å². The number of methoxy groups -OCH3 is 1. The average molecular weight is 381 g/mol. The summed E-state index contributed by atoms with van der Waals surface area (Å²) >= 11 is 0. The van der Waals surface area contributed by atoms with Crippen molar-refractivity contribution in [3.8, 4) is 11.4 Å². The first-order valence-corrected chi connectivity index (χ1v) is 9.04. The predicted molar refractivity (Wildman–Crippen MR) is 106 cm³/mol. The summed E-state index contributed by atoms with van der Waals surface area (Å²) in [4.78, 5) is 25.1. The van der Waals surface area contributed by atoms with Crippen molar-refractivity contribution in [1.29, 1.82) is 0 Å². The molecule has 0 saturated heterocycles. The SMILES string of the molecule is CCOC(=O)c1nc(Nc2ccc(-n3cnc(C)c3)c(OC)c2)ncc1CC. The number of anilines is 2. The molecule has 1 aromatic carbocycles. The van der Waals surface area contributed by atoms with E-state index in [2.05, 4.69) is 20.3 Å². The van der Waals surface area contributed by atoms with Crippen LogP contribution in [0.4, 0.5) is 11.6 Å². The third kappa shape index (κ3) is 4.11. The monoisotopic (exact) mass is 381 g/mol. The van der Waals surface area contributed by atoms with E-state index in [-0.39, 0.29) is 5.69 Å². The smallest absolute Gasteiger partial charge is 0.357 e. The van der Waals surface area contributed by atoms with Crippen molar-refractivity contribution in [2.24, 2.45) is 0 Å². The highest BCUT2D eigenvalue weighted by Gasteiger charge is 2.16. The molecule has 1 N–H and O–H groups in total. The Morgan fingerprint density at radius 3 is 2.71 bits per heavy atom. The van der Waals surface area contributed by atoms with Gasteiger partial charge in [-0.2, -0.15) is 0 Å². The number of aryl methyl sites for hydroxylation is 2. The maximum Gasteiger partial charge on any atom is 0.357 e. The first kappa shape index (κ1) is 19.3. The number of nitrogens with one attached hydrogen (secondary N) is 1. The van der Waals surface area contributed by atoms with E-state index < -0.39 is 5.97 Å². The van der Waals surface area contributed by atoms with Crippen molar-refractivity contribution in [3.05, 3.63) is 53.9 Å². The quantitative estimate of drug-likeness (QED) is 0.627. The molecular formula is C20H23N5O3. The van der Waals surface area contributed by atoms with Gasteiger partial charge in [0, 0.05) is 29.7 Å². The Balaban J connectivity index is 1.89. The summed E-state index contributed by atoms with van der Waals surface area (Å²) in [6.07, 6.45) is 5.93. The molecule has 3 rings (SSSR count). The second-order valence-electron chi connectivity index (χ2n) is 6.08. The molecule has 2 heterocycles. The molecule has 0 aliphatic heterocycles. The lowest BCUT2D eigenvalue weighted by Crippen LogP contribution is -2.13. The topological polar surface area (TPSA) is 91.2 Å². The number of ether oxygens (including phenoxy) is 2. The van der Waals surface area contributed by atoms with Crippen LogP contribution in [-0.4, -0.2) is 39.2 Å². The third-order valence-electron chi connectivity index (χ3n) is 4.14. The Morgan fingerprint density at radius 1 is 1.25 bits per heavy atom. The zero-order valence-corrected chi connectivity index (χ0v) is 16.4. The number of esters is 1. The molecule has 0 radical (unpaired) electrons. The van der Waals surface area contributed by atoms with Crippen LogP contribution >= 0.6 is 0 Å². The minimum Gasteiger partial charge on any atom is -0.494 e. The van der Waals surface area contributed by atoms with Gasteiger partial charge < -0.3 is 19.4 Å². The number of carbonyl (C=O) groups is 1. The van der Waals surface area contributed by atoms with E-state index in [1.807, 2.05) is 42.8 Å². The summed E-state index contributed by atoms with van der Waals surface area (Å²) in [6.45, 7) is 5.92. The third-order valence-corrected chi connectivity index (χ3v) is 4.14. The van der Waals surface area contributed by atoms with Crippen LogP contribution in [0.2, 0.25) is 0 Å². The van der Waals surface area contributed by atoms with Gasteiger partial charge in [0.1, 0.15) is 5.75 Å². The molecule has 0 spiro atoms. The van der Waals surface area contributed by atoms with Gasteiger partial charge in [-0.25, -0.2) is 19.7 Å². The summed E-state index contributed by atoms with van der Waals surface area (Å²) < 4.78 is 12.5. The van der Waals surface area contributed by atoms with E-state index in [0.717, 1.165) is 22.6 Å². The molecule has 8 heteroatoms. The largest absolute Gasteiger partial charge is 0.494 e. The van der Waals surface area contributed by atoms with Crippen molar-refractivity contribution in [3.63, 3.8) is 0 Å². The Morgan fingerprint density at radius 2 is 2.07 bits per heavy atom. The molecule has 0 atom stereocenters. The lowest BCUT2D eigenvalue weighted by atomic mass is 10.2. The maximum atomic E-state index is 12.2. The summed E-state index contributed by atoms with van der Waals surface area (Å²) in [5, 5.41) is 3.12. The fourth-order valence-corrected chi connectivity index (χ4v) is 2.75. The molecule has 0 aliphatic carbocycles. The van der Waals surface area contributed by atoms with Crippen LogP contribution in [0.5, 0.6) is 5.75 Å². The van der Waals surface area contributed by atoms with Crippen molar-refractivity contribution in [2.45, 2.75) is 27.2 Å². The van der Waals surface area contributed by atoms with Crippen molar-refractivity contribution in [2.75, 3.05) is 19.0 Å². The van der Waals surface area contributed by atoms with Crippen LogP contribution in [-0.2, 0) is 11.2 Å². The summed E-state index contributed by atoms with van der Waals surface area (Å²) in [6, 6.07) is 5.63. The van der Waals surface area contributed by atoms with Crippen LogP contribution in [0.1, 0.15) is 35.6 Å².